The van der Waals surface area contributed by atoms with Crippen molar-refractivity contribution in [2.24, 2.45) is 0 Å². The highest BCUT2D eigenvalue weighted by Gasteiger charge is 2.19. The van der Waals surface area contributed by atoms with Crippen LogP contribution in [-0.4, -0.2) is 68.8 Å². The minimum absolute atomic E-state index is 0.0146. The van der Waals surface area contributed by atoms with Gasteiger partial charge in [-0.25, -0.2) is 15.0 Å². The van der Waals surface area contributed by atoms with Crippen LogP contribution in [0.3, 0.4) is 0 Å². The van der Waals surface area contributed by atoms with Gasteiger partial charge in [-0.3, -0.25) is 0 Å². The Labute approximate surface area is 219 Å². The third-order valence-corrected chi connectivity index (χ3v) is 6.95. The van der Waals surface area contributed by atoms with E-state index in [-0.39, 0.29) is 5.25 Å². The summed E-state index contributed by atoms with van der Waals surface area (Å²) in [4.78, 5) is 14.5. The first-order valence-electron chi connectivity index (χ1n) is 11.4. The van der Waals surface area contributed by atoms with E-state index in [9.17, 15) is 0 Å². The van der Waals surface area contributed by atoms with Crippen molar-refractivity contribution < 1.29 is 23.7 Å². The van der Waals surface area contributed by atoms with Crippen LogP contribution in [0.25, 0.3) is 10.6 Å². The van der Waals surface area contributed by atoms with E-state index in [2.05, 4.69) is 23.8 Å². The van der Waals surface area contributed by atoms with E-state index in [4.69, 9.17) is 40.1 Å². The Morgan fingerprint density at radius 1 is 0.889 bits per heavy atom. The van der Waals surface area contributed by atoms with Crippen LogP contribution in [0.5, 0.6) is 11.5 Å². The topological polar surface area (TPSA) is 137 Å². The molecule has 0 unspecified atom stereocenters. The minimum atomic E-state index is 0.0146. The number of thiazole rings is 1. The van der Waals surface area contributed by atoms with Gasteiger partial charge in [0.25, 0.3) is 0 Å². The fraction of sp³-hybridized carbons (Fsp3) is 0.458. The molecule has 0 aliphatic carbocycles. The second kappa shape index (κ2) is 14.2. The summed E-state index contributed by atoms with van der Waals surface area (Å²) in [5.74, 6) is 1.98. The average Bonchev–Trinajstić information content (AvgIpc) is 3.24. The molecular formula is C24H33N5O5S2. The average molecular weight is 536 g/mol. The Kier molecular flexibility index (Phi) is 11.0. The summed E-state index contributed by atoms with van der Waals surface area (Å²) in [5.41, 5.74) is 13.5. The number of hydrogen-bond acceptors (Lipinski definition) is 12. The van der Waals surface area contributed by atoms with Crippen molar-refractivity contribution in [2.75, 3.05) is 65.3 Å². The fourth-order valence-electron chi connectivity index (χ4n) is 3.23. The van der Waals surface area contributed by atoms with Gasteiger partial charge in [0.1, 0.15) is 23.3 Å². The molecular weight excluding hydrogens is 502 g/mol. The quantitative estimate of drug-likeness (QED) is 0.166. The van der Waals surface area contributed by atoms with Crippen LogP contribution in [0.4, 0.5) is 11.6 Å². The zero-order chi connectivity index (χ0) is 25.9. The number of benzene rings is 1. The van der Waals surface area contributed by atoms with Crippen molar-refractivity contribution in [3.8, 4) is 22.1 Å². The number of aromatic nitrogens is 3. The summed E-state index contributed by atoms with van der Waals surface area (Å²) in [6, 6.07) is 7.33. The number of methoxy groups -OCH3 is 2. The number of hydrogen-bond donors (Lipinski definition) is 2. The molecule has 0 saturated carbocycles. The van der Waals surface area contributed by atoms with Crippen LogP contribution in [0.1, 0.15) is 22.7 Å². The van der Waals surface area contributed by atoms with Crippen molar-refractivity contribution in [1.29, 1.82) is 0 Å². The van der Waals surface area contributed by atoms with Crippen LogP contribution in [0.15, 0.2) is 29.4 Å². The second-order valence-corrected chi connectivity index (χ2v) is 10.2. The lowest BCUT2D eigenvalue weighted by Gasteiger charge is -2.12. The summed E-state index contributed by atoms with van der Waals surface area (Å²) in [6.07, 6.45) is 0. The molecule has 2 aromatic heterocycles. The number of rotatable bonds is 15. The summed E-state index contributed by atoms with van der Waals surface area (Å²) < 4.78 is 27.3. The van der Waals surface area contributed by atoms with E-state index >= 15 is 0 Å². The number of nitrogens with two attached hydrogens (primary N) is 2. The van der Waals surface area contributed by atoms with Gasteiger partial charge in [-0.15, -0.1) is 11.3 Å². The lowest BCUT2D eigenvalue weighted by Crippen LogP contribution is -2.12. The molecule has 0 spiro atoms. The molecule has 0 bridgehead atoms. The standard InChI is InChI=1S/C24H33N5O5S2/c1-15-22(16(2)36-24-27-20(25)14-21(26)28-24)29-23(35-15)17-5-6-18(31-4)19(13-17)34-12-11-33-10-9-32-8-7-30-3/h5-6,13-14,16H,7-12H2,1-4H3,(H4,25,26,27,28)/t16-/m0/s1. The van der Waals surface area contributed by atoms with E-state index < -0.39 is 0 Å². The predicted octanol–water partition coefficient (Wildman–Crippen LogP) is 3.99. The van der Waals surface area contributed by atoms with Gasteiger partial charge in [0.05, 0.1) is 51.1 Å². The van der Waals surface area contributed by atoms with Gasteiger partial charge in [-0.05, 0) is 32.0 Å². The van der Waals surface area contributed by atoms with Crippen molar-refractivity contribution in [1.82, 2.24) is 15.0 Å². The van der Waals surface area contributed by atoms with Crippen LogP contribution < -0.4 is 20.9 Å². The van der Waals surface area contributed by atoms with Crippen LogP contribution in [0, 0.1) is 6.92 Å². The highest BCUT2D eigenvalue weighted by atomic mass is 32.2. The van der Waals surface area contributed by atoms with Crippen molar-refractivity contribution in [3.63, 3.8) is 0 Å². The van der Waals surface area contributed by atoms with Gasteiger partial charge in [-0.1, -0.05) is 11.8 Å². The zero-order valence-electron chi connectivity index (χ0n) is 21.0. The Morgan fingerprint density at radius 2 is 1.56 bits per heavy atom. The molecule has 4 N–H and O–H groups in total. The molecule has 1 atom stereocenters. The van der Waals surface area contributed by atoms with Crippen LogP contribution >= 0.6 is 23.1 Å². The van der Waals surface area contributed by atoms with Gasteiger partial charge in [0.2, 0.25) is 0 Å². The molecule has 3 rings (SSSR count). The minimum Gasteiger partial charge on any atom is -0.493 e. The number of anilines is 2. The largest absolute Gasteiger partial charge is 0.493 e. The first-order valence-corrected chi connectivity index (χ1v) is 13.1. The lowest BCUT2D eigenvalue weighted by molar-refractivity contribution is 0.0178. The van der Waals surface area contributed by atoms with Crippen molar-refractivity contribution in [2.45, 2.75) is 24.3 Å². The molecule has 0 aliphatic rings. The Hall–Kier alpha value is -2.64. The van der Waals surface area contributed by atoms with E-state index in [0.717, 1.165) is 21.1 Å². The number of thioether (sulfide) groups is 1. The highest BCUT2D eigenvalue weighted by molar-refractivity contribution is 7.99. The molecule has 0 amide bonds. The molecule has 0 fully saturated rings. The van der Waals surface area contributed by atoms with Gasteiger partial charge in [0, 0.05) is 23.6 Å². The molecule has 0 saturated heterocycles. The van der Waals surface area contributed by atoms with Crippen LogP contribution in [0.2, 0.25) is 0 Å². The number of nitrogen functional groups attached to an aromatic ring is 2. The third-order valence-electron chi connectivity index (χ3n) is 4.94. The monoisotopic (exact) mass is 535 g/mol. The number of ether oxygens (including phenoxy) is 5. The molecule has 10 nitrogen and oxygen atoms in total. The van der Waals surface area contributed by atoms with Crippen molar-refractivity contribution >= 4 is 34.7 Å². The Balaban J connectivity index is 1.61. The lowest BCUT2D eigenvalue weighted by atomic mass is 10.2. The fourth-order valence-corrected chi connectivity index (χ4v) is 5.29. The summed E-state index contributed by atoms with van der Waals surface area (Å²) in [5, 5.41) is 1.43. The van der Waals surface area contributed by atoms with E-state index in [0.29, 0.717) is 67.9 Å². The SMILES string of the molecule is COCCOCCOCCOc1cc(-c2nc([C@H](C)Sc3nc(N)cc(N)n3)c(C)s2)ccc1OC. The number of aryl methyl sites for hydroxylation is 1. The molecule has 1 aromatic carbocycles. The molecule has 0 radical (unpaired) electrons. The van der Waals surface area contributed by atoms with Crippen molar-refractivity contribution in [3.05, 3.63) is 34.8 Å². The summed E-state index contributed by atoms with van der Waals surface area (Å²) in [6.45, 7) is 7.08. The second-order valence-electron chi connectivity index (χ2n) is 7.65. The van der Waals surface area contributed by atoms with Crippen LogP contribution in [-0.2, 0) is 14.2 Å². The maximum Gasteiger partial charge on any atom is 0.192 e. The summed E-state index contributed by atoms with van der Waals surface area (Å²) >= 11 is 3.09. The first kappa shape index (κ1) is 27.9. The normalized spacial score (nSPS) is 12.0. The molecule has 3 aromatic rings. The predicted molar refractivity (Wildman–Crippen MR) is 143 cm³/mol. The van der Waals surface area contributed by atoms with Gasteiger partial charge in [-0.2, -0.15) is 0 Å². The zero-order valence-corrected chi connectivity index (χ0v) is 22.6. The van der Waals surface area contributed by atoms with E-state index in [1.807, 2.05) is 18.2 Å². The number of nitrogens with zero attached hydrogens (tertiary/aromatic N) is 3. The smallest absolute Gasteiger partial charge is 0.192 e. The molecule has 196 valence electrons. The van der Waals surface area contributed by atoms with E-state index in [1.54, 1.807) is 25.6 Å². The molecule has 36 heavy (non-hydrogen) atoms. The molecule has 0 aliphatic heterocycles. The first-order chi connectivity index (χ1) is 17.4. The molecule has 12 heteroatoms. The maximum atomic E-state index is 5.94. The van der Waals surface area contributed by atoms with Gasteiger partial charge >= 0.3 is 0 Å². The summed E-state index contributed by atoms with van der Waals surface area (Å²) in [7, 11) is 3.26. The Bertz CT molecular complexity index is 1090. The van der Waals surface area contributed by atoms with E-state index in [1.165, 1.54) is 17.8 Å². The highest BCUT2D eigenvalue weighted by Crippen LogP contribution is 2.40. The Morgan fingerprint density at radius 3 is 2.22 bits per heavy atom. The maximum absolute atomic E-state index is 5.94. The third kappa shape index (κ3) is 8.20. The molecule has 2 heterocycles. The van der Waals surface area contributed by atoms with Gasteiger partial charge < -0.3 is 35.2 Å². The van der Waals surface area contributed by atoms with Gasteiger partial charge in [0.15, 0.2) is 16.7 Å².